The lowest BCUT2D eigenvalue weighted by atomic mass is 10.1. The molecule has 0 unspecified atom stereocenters. The molecule has 0 amide bonds. The first-order valence-electron chi connectivity index (χ1n) is 7.50. The first-order chi connectivity index (χ1) is 10.3. The highest BCUT2D eigenvalue weighted by atomic mass is 32.2. The van der Waals surface area contributed by atoms with Gasteiger partial charge in [0.15, 0.2) is 15.8 Å². The van der Waals surface area contributed by atoms with Crippen molar-refractivity contribution < 1.29 is 0 Å². The summed E-state index contributed by atoms with van der Waals surface area (Å²) in [5.41, 5.74) is 0.840. The minimum Gasteiger partial charge on any atom is -0.355 e. The van der Waals surface area contributed by atoms with E-state index in [-0.39, 0.29) is 0 Å². The van der Waals surface area contributed by atoms with Crippen molar-refractivity contribution in [3.8, 4) is 0 Å². The van der Waals surface area contributed by atoms with Crippen LogP contribution in [0.3, 0.4) is 0 Å². The SMILES string of the molecule is CSc1nc2ncnc(N3CCC(NC4CC4)CC3)c2s1. The number of hydrogen-bond donors (Lipinski definition) is 1. The number of anilines is 1. The zero-order valence-electron chi connectivity index (χ0n) is 12.1. The predicted molar refractivity (Wildman–Crippen MR) is 88.4 cm³/mol. The number of nitrogens with zero attached hydrogens (tertiary/aromatic N) is 4. The summed E-state index contributed by atoms with van der Waals surface area (Å²) in [7, 11) is 0. The quantitative estimate of drug-likeness (QED) is 0.873. The first kappa shape index (κ1) is 13.7. The van der Waals surface area contributed by atoms with E-state index in [0.717, 1.165) is 39.6 Å². The molecule has 21 heavy (non-hydrogen) atoms. The highest BCUT2D eigenvalue weighted by molar-refractivity contribution is 8.00. The Morgan fingerprint density at radius 3 is 2.67 bits per heavy atom. The summed E-state index contributed by atoms with van der Waals surface area (Å²) >= 11 is 3.38. The lowest BCUT2D eigenvalue weighted by Crippen LogP contribution is -2.43. The number of thioether (sulfide) groups is 1. The van der Waals surface area contributed by atoms with Gasteiger partial charge in [-0.3, -0.25) is 0 Å². The monoisotopic (exact) mass is 321 g/mol. The summed E-state index contributed by atoms with van der Waals surface area (Å²) in [6.45, 7) is 2.14. The Balaban J connectivity index is 1.52. The first-order valence-corrected chi connectivity index (χ1v) is 9.54. The van der Waals surface area contributed by atoms with Crippen LogP contribution in [0.4, 0.5) is 5.82 Å². The molecule has 0 bridgehead atoms. The van der Waals surface area contributed by atoms with Gasteiger partial charge in [0.05, 0.1) is 0 Å². The van der Waals surface area contributed by atoms with Crippen molar-refractivity contribution in [2.45, 2.75) is 42.1 Å². The summed E-state index contributed by atoms with van der Waals surface area (Å²) in [5.74, 6) is 1.07. The molecule has 0 spiro atoms. The molecule has 2 aromatic heterocycles. The summed E-state index contributed by atoms with van der Waals surface area (Å²) in [5, 5.41) is 3.74. The molecule has 5 nitrogen and oxygen atoms in total. The zero-order valence-corrected chi connectivity index (χ0v) is 13.7. The minimum absolute atomic E-state index is 0.689. The van der Waals surface area contributed by atoms with Crippen LogP contribution in [0.15, 0.2) is 10.7 Å². The van der Waals surface area contributed by atoms with Crippen LogP contribution in [-0.4, -0.2) is 46.4 Å². The van der Waals surface area contributed by atoms with Gasteiger partial charge in [0.1, 0.15) is 11.0 Å². The van der Waals surface area contributed by atoms with Gasteiger partial charge in [0, 0.05) is 25.2 Å². The van der Waals surface area contributed by atoms with Crippen molar-refractivity contribution in [3.63, 3.8) is 0 Å². The van der Waals surface area contributed by atoms with Gasteiger partial charge in [-0.1, -0.05) is 11.8 Å². The normalized spacial score (nSPS) is 20.3. The second-order valence-electron chi connectivity index (χ2n) is 5.74. The molecule has 4 rings (SSSR count). The lowest BCUT2D eigenvalue weighted by Gasteiger charge is -2.33. The maximum atomic E-state index is 4.54. The van der Waals surface area contributed by atoms with E-state index in [4.69, 9.17) is 0 Å². The Hall–Kier alpha value is -0.920. The predicted octanol–water partition coefficient (Wildman–Crippen LogP) is 2.53. The van der Waals surface area contributed by atoms with E-state index in [1.807, 2.05) is 0 Å². The number of aromatic nitrogens is 3. The molecule has 2 aromatic rings. The largest absolute Gasteiger partial charge is 0.355 e. The summed E-state index contributed by atoms with van der Waals surface area (Å²) in [6, 6.07) is 1.49. The average molecular weight is 321 g/mol. The third kappa shape index (κ3) is 2.86. The van der Waals surface area contributed by atoms with Gasteiger partial charge in [-0.15, -0.1) is 11.3 Å². The Bertz CT molecular complexity index is 631. The van der Waals surface area contributed by atoms with Gasteiger partial charge in [-0.25, -0.2) is 15.0 Å². The zero-order chi connectivity index (χ0) is 14.2. The van der Waals surface area contributed by atoms with E-state index in [1.165, 1.54) is 25.7 Å². The van der Waals surface area contributed by atoms with Crippen LogP contribution in [0.25, 0.3) is 10.3 Å². The van der Waals surface area contributed by atoms with Crippen LogP contribution >= 0.6 is 23.1 Å². The lowest BCUT2D eigenvalue weighted by molar-refractivity contribution is 0.412. The van der Waals surface area contributed by atoms with E-state index in [0.29, 0.717) is 6.04 Å². The molecule has 1 N–H and O–H groups in total. The smallest absolute Gasteiger partial charge is 0.176 e. The maximum Gasteiger partial charge on any atom is 0.176 e. The standard InChI is InChI=1S/C14H19N5S2/c1-20-14-18-12-11(21-14)13(16-8-15-12)19-6-4-10(5-7-19)17-9-2-3-9/h8-10,17H,2-7H2,1H3. The fraction of sp³-hybridized carbons (Fsp3) is 0.643. The van der Waals surface area contributed by atoms with Crippen molar-refractivity contribution in [1.29, 1.82) is 0 Å². The van der Waals surface area contributed by atoms with Crippen molar-refractivity contribution >= 4 is 39.3 Å². The molecule has 3 heterocycles. The third-order valence-corrected chi connectivity index (χ3v) is 6.20. The highest BCUT2D eigenvalue weighted by Gasteiger charge is 2.28. The minimum atomic E-state index is 0.689. The van der Waals surface area contributed by atoms with Crippen LogP contribution < -0.4 is 10.2 Å². The molecular weight excluding hydrogens is 302 g/mol. The average Bonchev–Trinajstić information content (AvgIpc) is 3.23. The molecule has 112 valence electrons. The summed E-state index contributed by atoms with van der Waals surface area (Å²) in [4.78, 5) is 15.8. The Morgan fingerprint density at radius 1 is 1.19 bits per heavy atom. The third-order valence-electron chi connectivity index (χ3n) is 4.17. The molecule has 0 aromatic carbocycles. The molecule has 0 radical (unpaired) electrons. The Labute approximate surface area is 132 Å². The summed E-state index contributed by atoms with van der Waals surface area (Å²) < 4.78 is 2.20. The molecule has 1 saturated carbocycles. The van der Waals surface area contributed by atoms with Crippen LogP contribution in [0.1, 0.15) is 25.7 Å². The number of rotatable bonds is 4. The van der Waals surface area contributed by atoms with Crippen molar-refractivity contribution in [2.24, 2.45) is 0 Å². The highest BCUT2D eigenvalue weighted by Crippen LogP contribution is 2.34. The van der Waals surface area contributed by atoms with E-state index in [1.54, 1.807) is 29.4 Å². The van der Waals surface area contributed by atoms with Crippen LogP contribution in [0, 0.1) is 0 Å². The van der Waals surface area contributed by atoms with E-state index in [2.05, 4.69) is 31.4 Å². The topological polar surface area (TPSA) is 53.9 Å². The van der Waals surface area contributed by atoms with Crippen LogP contribution in [-0.2, 0) is 0 Å². The molecule has 7 heteroatoms. The molecule has 1 aliphatic carbocycles. The van der Waals surface area contributed by atoms with Gasteiger partial charge in [-0.05, 0) is 31.9 Å². The van der Waals surface area contributed by atoms with Crippen molar-refractivity contribution in [3.05, 3.63) is 6.33 Å². The van der Waals surface area contributed by atoms with E-state index in [9.17, 15) is 0 Å². The van der Waals surface area contributed by atoms with Gasteiger partial charge < -0.3 is 10.2 Å². The number of thiazole rings is 1. The second kappa shape index (κ2) is 5.70. The molecule has 1 aliphatic heterocycles. The van der Waals surface area contributed by atoms with E-state index < -0.39 is 0 Å². The number of piperidine rings is 1. The molecule has 1 saturated heterocycles. The number of nitrogens with one attached hydrogen (secondary N) is 1. The second-order valence-corrected chi connectivity index (χ2v) is 7.79. The number of hydrogen-bond acceptors (Lipinski definition) is 7. The van der Waals surface area contributed by atoms with Crippen LogP contribution in [0.5, 0.6) is 0 Å². The van der Waals surface area contributed by atoms with Crippen molar-refractivity contribution in [1.82, 2.24) is 20.3 Å². The maximum absolute atomic E-state index is 4.54. The van der Waals surface area contributed by atoms with Gasteiger partial charge in [-0.2, -0.15) is 0 Å². The Kier molecular flexibility index (Phi) is 3.72. The number of fused-ring (bicyclic) bond motifs is 1. The molecule has 0 atom stereocenters. The van der Waals surface area contributed by atoms with Gasteiger partial charge in [0.2, 0.25) is 0 Å². The van der Waals surface area contributed by atoms with Gasteiger partial charge >= 0.3 is 0 Å². The molecule has 2 aliphatic rings. The van der Waals surface area contributed by atoms with Crippen molar-refractivity contribution in [2.75, 3.05) is 24.2 Å². The fourth-order valence-electron chi connectivity index (χ4n) is 2.88. The van der Waals surface area contributed by atoms with Crippen LogP contribution in [0.2, 0.25) is 0 Å². The summed E-state index contributed by atoms with van der Waals surface area (Å²) in [6.07, 6.45) is 8.85. The molecule has 2 fully saturated rings. The Morgan fingerprint density at radius 2 is 1.95 bits per heavy atom. The van der Waals surface area contributed by atoms with E-state index >= 15 is 0 Å². The molecular formula is C14H19N5S2. The fourth-order valence-corrected chi connectivity index (χ4v) is 4.41. The van der Waals surface area contributed by atoms with Gasteiger partial charge in [0.25, 0.3) is 0 Å².